The average molecular weight is 411 g/mol. The van der Waals surface area contributed by atoms with E-state index in [1.165, 1.54) is 16.7 Å². The van der Waals surface area contributed by atoms with E-state index in [0.29, 0.717) is 5.92 Å². The lowest BCUT2D eigenvalue weighted by atomic mass is 9.75. The van der Waals surface area contributed by atoms with Gasteiger partial charge in [-0.25, -0.2) is 5.01 Å². The molecule has 0 amide bonds. The van der Waals surface area contributed by atoms with Gasteiger partial charge in [-0.15, -0.1) is 0 Å². The lowest BCUT2D eigenvalue weighted by Gasteiger charge is -2.28. The highest BCUT2D eigenvalue weighted by Gasteiger charge is 2.25. The molecular weight excluding hydrogens is 376 g/mol. The van der Waals surface area contributed by atoms with Crippen LogP contribution in [0.4, 0.5) is 0 Å². The molecule has 2 bridgehead atoms. The first-order valence-corrected chi connectivity index (χ1v) is 11.3. The van der Waals surface area contributed by atoms with Crippen LogP contribution in [0, 0.1) is 12.8 Å². The standard InChI is InChI=1S/C27H28N2.C2H6/c1-21-23(12-10-16-26(21)27(2,3)24-13-7-5-8-14-24)20-28-29-18-17-22-11-6-4-9-15-25(29)19-22;1-2/h5-20,22H,4H2,1-3H3;1-2H3/b11-6-,15-9-,28-20+;. The second-order valence-electron chi connectivity index (χ2n) is 8.18. The summed E-state index contributed by atoms with van der Waals surface area (Å²) in [6.45, 7) is 10.8. The zero-order valence-electron chi connectivity index (χ0n) is 19.4. The highest BCUT2D eigenvalue weighted by Crippen LogP contribution is 2.34. The van der Waals surface area contributed by atoms with Crippen molar-refractivity contribution in [1.82, 2.24) is 5.01 Å². The van der Waals surface area contributed by atoms with Crippen molar-refractivity contribution in [2.75, 3.05) is 0 Å². The molecule has 1 aliphatic carbocycles. The summed E-state index contributed by atoms with van der Waals surface area (Å²) in [5, 5.41) is 6.74. The molecule has 0 aromatic heterocycles. The molecule has 0 N–H and O–H groups in total. The van der Waals surface area contributed by atoms with E-state index in [1.807, 2.05) is 25.1 Å². The Hall–Kier alpha value is -3.13. The van der Waals surface area contributed by atoms with Gasteiger partial charge in [0.05, 0.1) is 11.9 Å². The minimum Gasteiger partial charge on any atom is -0.242 e. The molecule has 1 atom stereocenters. The predicted molar refractivity (Wildman–Crippen MR) is 134 cm³/mol. The first kappa shape index (κ1) is 22.6. The minimum atomic E-state index is -0.0649. The van der Waals surface area contributed by atoms with Crippen molar-refractivity contribution in [3.05, 3.63) is 119 Å². The van der Waals surface area contributed by atoms with Crippen LogP contribution in [-0.2, 0) is 5.41 Å². The molecule has 2 aromatic carbocycles. The van der Waals surface area contributed by atoms with E-state index in [9.17, 15) is 0 Å². The molecule has 2 aromatic rings. The molecule has 160 valence electrons. The van der Waals surface area contributed by atoms with Crippen molar-refractivity contribution < 1.29 is 0 Å². The maximum atomic E-state index is 4.78. The van der Waals surface area contributed by atoms with Gasteiger partial charge in [0.25, 0.3) is 0 Å². The zero-order valence-corrected chi connectivity index (χ0v) is 19.4. The van der Waals surface area contributed by atoms with Gasteiger partial charge in [-0.1, -0.05) is 101 Å². The molecule has 0 fully saturated rings. The van der Waals surface area contributed by atoms with Gasteiger partial charge in [-0.2, -0.15) is 5.10 Å². The van der Waals surface area contributed by atoms with Gasteiger partial charge in [0.15, 0.2) is 0 Å². The molecule has 4 rings (SSSR count). The van der Waals surface area contributed by atoms with Gasteiger partial charge in [-0.05, 0) is 47.8 Å². The van der Waals surface area contributed by atoms with Crippen LogP contribution in [0.3, 0.4) is 0 Å². The van der Waals surface area contributed by atoms with Crippen molar-refractivity contribution in [2.45, 2.75) is 46.5 Å². The Labute approximate surface area is 188 Å². The van der Waals surface area contributed by atoms with Crippen molar-refractivity contribution >= 4 is 6.21 Å². The summed E-state index contributed by atoms with van der Waals surface area (Å²) in [4.78, 5) is 0. The Morgan fingerprint density at radius 1 is 0.968 bits per heavy atom. The normalized spacial score (nSPS) is 19.7. The van der Waals surface area contributed by atoms with Crippen molar-refractivity contribution in [1.29, 1.82) is 0 Å². The van der Waals surface area contributed by atoms with Gasteiger partial charge in [0, 0.05) is 17.5 Å². The van der Waals surface area contributed by atoms with Gasteiger partial charge in [0.2, 0.25) is 0 Å². The Kier molecular flexibility index (Phi) is 7.46. The fourth-order valence-corrected chi connectivity index (χ4v) is 4.06. The van der Waals surface area contributed by atoms with Crippen LogP contribution in [0.15, 0.2) is 102 Å². The van der Waals surface area contributed by atoms with Crippen LogP contribution in [0.2, 0.25) is 0 Å². The highest BCUT2D eigenvalue weighted by atomic mass is 15.4. The number of rotatable bonds is 4. The summed E-state index contributed by atoms with van der Waals surface area (Å²) < 4.78 is 0. The van der Waals surface area contributed by atoms with Gasteiger partial charge >= 0.3 is 0 Å². The molecule has 0 saturated carbocycles. The smallest absolute Gasteiger partial charge is 0.0611 e. The molecule has 1 aliphatic heterocycles. The summed E-state index contributed by atoms with van der Waals surface area (Å²) in [6, 6.07) is 17.2. The number of hydrazone groups is 1. The Morgan fingerprint density at radius 2 is 1.74 bits per heavy atom. The third-order valence-electron chi connectivity index (χ3n) is 5.86. The van der Waals surface area contributed by atoms with E-state index in [1.54, 1.807) is 0 Å². The summed E-state index contributed by atoms with van der Waals surface area (Å²) >= 11 is 0. The zero-order chi connectivity index (χ0) is 22.3. The molecule has 0 radical (unpaired) electrons. The fourth-order valence-electron chi connectivity index (χ4n) is 4.06. The molecule has 2 nitrogen and oxygen atoms in total. The van der Waals surface area contributed by atoms with Crippen LogP contribution < -0.4 is 0 Å². The third-order valence-corrected chi connectivity index (χ3v) is 5.86. The third kappa shape index (κ3) is 5.14. The molecule has 1 heterocycles. The van der Waals surface area contributed by atoms with Gasteiger partial charge < -0.3 is 0 Å². The van der Waals surface area contributed by atoms with Crippen molar-refractivity contribution in [3.8, 4) is 0 Å². The monoisotopic (exact) mass is 410 g/mol. The molecule has 31 heavy (non-hydrogen) atoms. The van der Waals surface area contributed by atoms with Crippen LogP contribution >= 0.6 is 0 Å². The first-order valence-electron chi connectivity index (χ1n) is 11.3. The van der Waals surface area contributed by atoms with E-state index in [0.717, 1.165) is 17.7 Å². The van der Waals surface area contributed by atoms with Crippen LogP contribution in [0.25, 0.3) is 0 Å². The lowest BCUT2D eigenvalue weighted by Crippen LogP contribution is -2.21. The van der Waals surface area contributed by atoms with E-state index >= 15 is 0 Å². The fraction of sp³-hybridized carbons (Fsp3) is 0.276. The SMILES string of the molecule is CC.Cc1c(/C=N/N2C=CC3C=C2/C=C\C/C=C\3)cccc1C(C)(C)c1ccccc1. The minimum absolute atomic E-state index is 0.0649. The summed E-state index contributed by atoms with van der Waals surface area (Å²) in [6.07, 6.45) is 18.2. The Bertz CT molecular complexity index is 1020. The second-order valence-corrected chi connectivity index (χ2v) is 8.18. The quantitative estimate of drug-likeness (QED) is 0.376. The number of nitrogens with zero attached hydrogens (tertiary/aromatic N) is 2. The first-order chi connectivity index (χ1) is 15.1. The number of benzene rings is 2. The number of allylic oxidation sites excluding steroid dienone is 6. The Balaban J connectivity index is 0.00000132. The van der Waals surface area contributed by atoms with Gasteiger partial charge in [0.1, 0.15) is 0 Å². The maximum Gasteiger partial charge on any atom is 0.0611 e. The van der Waals surface area contributed by atoms with Crippen molar-refractivity contribution in [3.63, 3.8) is 0 Å². The molecule has 0 saturated heterocycles. The number of hydrogen-bond acceptors (Lipinski definition) is 2. The molecule has 2 aliphatic rings. The highest BCUT2D eigenvalue weighted by molar-refractivity contribution is 5.82. The van der Waals surface area contributed by atoms with E-state index < -0.39 is 0 Å². The predicted octanol–water partition coefficient (Wildman–Crippen LogP) is 7.53. The van der Waals surface area contributed by atoms with Crippen molar-refractivity contribution in [2.24, 2.45) is 11.0 Å². The summed E-state index contributed by atoms with van der Waals surface area (Å²) in [5.41, 5.74) is 6.13. The van der Waals surface area contributed by atoms with Gasteiger partial charge in [-0.3, -0.25) is 0 Å². The van der Waals surface area contributed by atoms with E-state index in [4.69, 9.17) is 5.10 Å². The molecule has 1 unspecified atom stereocenters. The second kappa shape index (κ2) is 10.3. The summed E-state index contributed by atoms with van der Waals surface area (Å²) in [5.74, 6) is 0.359. The average Bonchev–Trinajstić information content (AvgIpc) is 2.79. The Morgan fingerprint density at radius 3 is 2.52 bits per heavy atom. The number of hydrogen-bond donors (Lipinski definition) is 0. The van der Waals surface area contributed by atoms with E-state index in [-0.39, 0.29) is 5.41 Å². The van der Waals surface area contributed by atoms with Crippen LogP contribution in [0.5, 0.6) is 0 Å². The largest absolute Gasteiger partial charge is 0.242 e. The van der Waals surface area contributed by atoms with E-state index in [2.05, 4.69) is 112 Å². The topological polar surface area (TPSA) is 15.6 Å². The number of fused-ring (bicyclic) bond motifs is 1. The molecule has 0 spiro atoms. The van der Waals surface area contributed by atoms with Crippen LogP contribution in [-0.4, -0.2) is 11.2 Å². The van der Waals surface area contributed by atoms with Crippen LogP contribution in [0.1, 0.15) is 56.4 Å². The molecule has 2 heteroatoms. The summed E-state index contributed by atoms with van der Waals surface area (Å²) in [7, 11) is 0. The lowest BCUT2D eigenvalue weighted by molar-refractivity contribution is 0.499. The maximum absolute atomic E-state index is 4.78. The molecular formula is C29H34N2.